The van der Waals surface area contributed by atoms with E-state index in [1.165, 1.54) is 24.8 Å². The molecule has 1 saturated carbocycles. The lowest BCUT2D eigenvalue weighted by molar-refractivity contribution is 0.0992. The van der Waals surface area contributed by atoms with E-state index in [1.807, 2.05) is 12.1 Å². The maximum Gasteiger partial charge on any atom is 0.120 e. The number of benzene rings is 1. The molecule has 0 heterocycles. The summed E-state index contributed by atoms with van der Waals surface area (Å²) >= 11 is 0. The number of aryl methyl sites for hydroxylation is 1. The van der Waals surface area contributed by atoms with E-state index in [4.69, 9.17) is 10.5 Å². The van der Waals surface area contributed by atoms with E-state index in [2.05, 4.69) is 26.0 Å². The Hall–Kier alpha value is -1.02. The SMILES string of the molecule is CCCC1CCC(N)C(Oc2cccc(C)c2)C1. The summed E-state index contributed by atoms with van der Waals surface area (Å²) in [5.41, 5.74) is 7.44. The molecule has 2 N–H and O–H groups in total. The third-order valence-corrected chi connectivity index (χ3v) is 3.93. The molecule has 2 nitrogen and oxygen atoms in total. The van der Waals surface area contributed by atoms with Crippen LogP contribution in [-0.4, -0.2) is 12.1 Å². The lowest BCUT2D eigenvalue weighted by Gasteiger charge is -2.34. The Morgan fingerprint density at radius 3 is 2.89 bits per heavy atom. The Labute approximate surface area is 111 Å². The molecule has 1 aromatic carbocycles. The van der Waals surface area contributed by atoms with Gasteiger partial charge in [0, 0.05) is 6.04 Å². The molecule has 2 heteroatoms. The molecule has 0 aliphatic heterocycles. The molecule has 1 aliphatic carbocycles. The molecule has 1 aromatic rings. The Balaban J connectivity index is 1.98. The van der Waals surface area contributed by atoms with Crippen molar-refractivity contribution in [1.29, 1.82) is 0 Å². The van der Waals surface area contributed by atoms with Crippen LogP contribution in [0.3, 0.4) is 0 Å². The first kappa shape index (κ1) is 13.4. The number of hydrogen-bond acceptors (Lipinski definition) is 2. The largest absolute Gasteiger partial charge is 0.489 e. The Kier molecular flexibility index (Phi) is 4.65. The van der Waals surface area contributed by atoms with E-state index in [0.29, 0.717) is 0 Å². The van der Waals surface area contributed by atoms with E-state index >= 15 is 0 Å². The molecule has 0 saturated heterocycles. The summed E-state index contributed by atoms with van der Waals surface area (Å²) in [4.78, 5) is 0. The minimum atomic E-state index is 0.192. The minimum Gasteiger partial charge on any atom is -0.489 e. The van der Waals surface area contributed by atoms with E-state index in [1.54, 1.807) is 0 Å². The minimum absolute atomic E-state index is 0.192. The molecule has 0 amide bonds. The first-order chi connectivity index (χ1) is 8.69. The van der Waals surface area contributed by atoms with Crippen LogP contribution in [0.1, 0.15) is 44.6 Å². The van der Waals surface area contributed by atoms with Crippen molar-refractivity contribution in [2.24, 2.45) is 11.7 Å². The number of ether oxygens (including phenoxy) is 1. The smallest absolute Gasteiger partial charge is 0.120 e. The summed E-state index contributed by atoms with van der Waals surface area (Å²) in [6.45, 7) is 4.35. The normalized spacial score (nSPS) is 28.1. The van der Waals surface area contributed by atoms with Gasteiger partial charge in [-0.2, -0.15) is 0 Å². The topological polar surface area (TPSA) is 35.2 Å². The molecule has 0 radical (unpaired) electrons. The summed E-state index contributed by atoms with van der Waals surface area (Å²) in [5.74, 6) is 1.76. The van der Waals surface area contributed by atoms with Crippen LogP contribution in [0.15, 0.2) is 24.3 Å². The first-order valence-electron chi connectivity index (χ1n) is 7.18. The van der Waals surface area contributed by atoms with E-state index < -0.39 is 0 Å². The Morgan fingerprint density at radius 1 is 1.33 bits per heavy atom. The molecule has 0 bridgehead atoms. The predicted molar refractivity (Wildman–Crippen MR) is 75.8 cm³/mol. The van der Waals surface area contributed by atoms with Gasteiger partial charge in [-0.25, -0.2) is 0 Å². The highest BCUT2D eigenvalue weighted by Crippen LogP contribution is 2.30. The van der Waals surface area contributed by atoms with Crippen LogP contribution in [0, 0.1) is 12.8 Å². The summed E-state index contributed by atoms with van der Waals surface area (Å²) in [6.07, 6.45) is 6.24. The number of rotatable bonds is 4. The molecule has 1 aliphatic rings. The van der Waals surface area contributed by atoms with Gasteiger partial charge in [0.05, 0.1) is 0 Å². The zero-order chi connectivity index (χ0) is 13.0. The highest BCUT2D eigenvalue weighted by molar-refractivity contribution is 5.27. The molecule has 3 unspecified atom stereocenters. The molecular weight excluding hydrogens is 222 g/mol. The summed E-state index contributed by atoms with van der Waals surface area (Å²) in [7, 11) is 0. The molecule has 2 rings (SSSR count). The summed E-state index contributed by atoms with van der Waals surface area (Å²) in [5, 5.41) is 0. The second-order valence-corrected chi connectivity index (χ2v) is 5.60. The van der Waals surface area contributed by atoms with Gasteiger partial charge in [-0.15, -0.1) is 0 Å². The second kappa shape index (κ2) is 6.24. The van der Waals surface area contributed by atoms with Crippen LogP contribution < -0.4 is 10.5 Å². The number of hydrogen-bond donors (Lipinski definition) is 1. The van der Waals surface area contributed by atoms with Crippen LogP contribution in [0.4, 0.5) is 0 Å². The average Bonchev–Trinajstić information content (AvgIpc) is 2.34. The zero-order valence-electron chi connectivity index (χ0n) is 11.6. The monoisotopic (exact) mass is 247 g/mol. The fraction of sp³-hybridized carbons (Fsp3) is 0.625. The van der Waals surface area contributed by atoms with Crippen molar-refractivity contribution >= 4 is 0 Å². The molecule has 0 spiro atoms. The Bertz CT molecular complexity index is 377. The molecule has 18 heavy (non-hydrogen) atoms. The molecule has 1 fully saturated rings. The van der Waals surface area contributed by atoms with Crippen molar-refractivity contribution in [3.63, 3.8) is 0 Å². The summed E-state index contributed by atoms with van der Waals surface area (Å²) in [6, 6.07) is 8.45. The van der Waals surface area contributed by atoms with E-state index in [9.17, 15) is 0 Å². The lowest BCUT2D eigenvalue weighted by Crippen LogP contribution is -2.43. The van der Waals surface area contributed by atoms with Crippen LogP contribution in [0.25, 0.3) is 0 Å². The molecular formula is C16H25NO. The van der Waals surface area contributed by atoms with Gasteiger partial charge in [0.15, 0.2) is 0 Å². The molecule has 100 valence electrons. The van der Waals surface area contributed by atoms with E-state index in [-0.39, 0.29) is 12.1 Å². The van der Waals surface area contributed by atoms with Gasteiger partial charge in [-0.3, -0.25) is 0 Å². The van der Waals surface area contributed by atoms with Gasteiger partial charge in [0.2, 0.25) is 0 Å². The van der Waals surface area contributed by atoms with Crippen LogP contribution in [0.2, 0.25) is 0 Å². The maximum atomic E-state index is 6.20. The van der Waals surface area contributed by atoms with Gasteiger partial charge in [0.25, 0.3) is 0 Å². The van der Waals surface area contributed by atoms with Crippen molar-refractivity contribution in [1.82, 2.24) is 0 Å². The maximum absolute atomic E-state index is 6.20. The van der Waals surface area contributed by atoms with Gasteiger partial charge in [-0.1, -0.05) is 31.9 Å². The third kappa shape index (κ3) is 3.49. The highest BCUT2D eigenvalue weighted by Gasteiger charge is 2.29. The molecule has 3 atom stereocenters. The molecule has 0 aromatic heterocycles. The van der Waals surface area contributed by atoms with Gasteiger partial charge in [0.1, 0.15) is 11.9 Å². The first-order valence-corrected chi connectivity index (χ1v) is 7.18. The fourth-order valence-electron chi connectivity index (χ4n) is 2.90. The van der Waals surface area contributed by atoms with Crippen molar-refractivity contribution < 1.29 is 4.74 Å². The fourth-order valence-corrected chi connectivity index (χ4v) is 2.90. The quantitative estimate of drug-likeness (QED) is 0.881. The standard InChI is InChI=1S/C16H25NO/c1-3-5-13-8-9-15(17)16(11-13)18-14-7-4-6-12(2)10-14/h4,6-7,10,13,15-16H,3,5,8-9,11,17H2,1-2H3. The van der Waals surface area contributed by atoms with Gasteiger partial charge in [-0.05, 0) is 49.8 Å². The van der Waals surface area contributed by atoms with E-state index in [0.717, 1.165) is 24.5 Å². The van der Waals surface area contributed by atoms with Crippen LogP contribution >= 0.6 is 0 Å². The van der Waals surface area contributed by atoms with Crippen molar-refractivity contribution in [3.8, 4) is 5.75 Å². The third-order valence-electron chi connectivity index (χ3n) is 3.93. The van der Waals surface area contributed by atoms with Crippen molar-refractivity contribution in [3.05, 3.63) is 29.8 Å². The lowest BCUT2D eigenvalue weighted by atomic mass is 9.82. The number of nitrogens with two attached hydrogens (primary N) is 1. The van der Waals surface area contributed by atoms with Crippen molar-refractivity contribution in [2.75, 3.05) is 0 Å². The van der Waals surface area contributed by atoms with Crippen LogP contribution in [-0.2, 0) is 0 Å². The summed E-state index contributed by atoms with van der Waals surface area (Å²) < 4.78 is 6.10. The van der Waals surface area contributed by atoms with Crippen LogP contribution in [0.5, 0.6) is 5.75 Å². The van der Waals surface area contributed by atoms with Crippen molar-refractivity contribution in [2.45, 2.75) is 58.1 Å². The Morgan fingerprint density at radius 2 is 2.17 bits per heavy atom. The van der Waals surface area contributed by atoms with Gasteiger partial charge < -0.3 is 10.5 Å². The highest BCUT2D eigenvalue weighted by atomic mass is 16.5. The predicted octanol–water partition coefficient (Wildman–Crippen LogP) is 3.67. The second-order valence-electron chi connectivity index (χ2n) is 5.60. The average molecular weight is 247 g/mol. The van der Waals surface area contributed by atoms with Gasteiger partial charge >= 0.3 is 0 Å². The zero-order valence-corrected chi connectivity index (χ0v) is 11.6.